The van der Waals surface area contributed by atoms with Crippen LogP contribution in [0.25, 0.3) is 0 Å². The van der Waals surface area contributed by atoms with Gasteiger partial charge in [0, 0.05) is 19.1 Å². The Kier molecular flexibility index (Phi) is 22.8. The van der Waals surface area contributed by atoms with Crippen molar-refractivity contribution in [2.24, 2.45) is 0 Å². The molecule has 0 bridgehead atoms. The number of thiol groups is 1. The lowest BCUT2D eigenvalue weighted by molar-refractivity contribution is -0.126. The number of Topliss-reactive ketones (excluding diaryl/α,β-unsaturated/α-hetero) is 1. The number of carbonyl (C=O) groups is 2. The minimum Gasteiger partial charge on any atom is -0.346 e. The smallest absolute Gasteiger partial charge is 0.217 e. The SMILES string of the molecule is CCCCCCCCCCCCCCCCCCCCCC(=O)C(CS)NC(C)=O. The fraction of sp³-hybridized carbons (Fsp3) is 0.923. The molecule has 4 heteroatoms. The molecule has 0 saturated carbocycles. The monoisotopic (exact) mass is 441 g/mol. The zero-order valence-electron chi connectivity index (χ0n) is 20.2. The summed E-state index contributed by atoms with van der Waals surface area (Å²) in [5.74, 6) is 0.347. The molecule has 0 saturated heterocycles. The summed E-state index contributed by atoms with van der Waals surface area (Å²) in [5, 5.41) is 2.68. The minimum absolute atomic E-state index is 0.118. The predicted molar refractivity (Wildman–Crippen MR) is 134 cm³/mol. The second-order valence-corrected chi connectivity index (χ2v) is 9.38. The second-order valence-electron chi connectivity index (χ2n) is 9.02. The van der Waals surface area contributed by atoms with Crippen LogP contribution in [-0.4, -0.2) is 23.5 Å². The van der Waals surface area contributed by atoms with E-state index in [4.69, 9.17) is 0 Å². The van der Waals surface area contributed by atoms with Gasteiger partial charge in [-0.2, -0.15) is 12.6 Å². The van der Waals surface area contributed by atoms with Gasteiger partial charge in [0.1, 0.15) is 0 Å². The molecule has 1 amide bonds. The van der Waals surface area contributed by atoms with Crippen molar-refractivity contribution in [3.8, 4) is 0 Å². The fourth-order valence-corrected chi connectivity index (χ4v) is 4.32. The van der Waals surface area contributed by atoms with E-state index in [0.29, 0.717) is 12.2 Å². The molecule has 1 N–H and O–H groups in total. The molecular weight excluding hydrogens is 390 g/mol. The standard InChI is InChI=1S/C26H51NO2S/c1-3-4-5-6-7-8-9-10-11-12-13-14-15-16-17-18-19-20-21-22-26(29)25(23-30)27-24(2)28/h25,30H,3-23H2,1-2H3,(H,27,28). The third-order valence-electron chi connectivity index (χ3n) is 5.98. The number of hydrogen-bond acceptors (Lipinski definition) is 3. The average Bonchev–Trinajstić information content (AvgIpc) is 2.73. The first-order chi connectivity index (χ1) is 14.6. The molecule has 1 unspecified atom stereocenters. The molecule has 0 aromatic carbocycles. The van der Waals surface area contributed by atoms with Gasteiger partial charge in [0.15, 0.2) is 5.78 Å². The highest BCUT2D eigenvalue weighted by atomic mass is 32.1. The zero-order chi connectivity index (χ0) is 22.3. The summed E-state index contributed by atoms with van der Waals surface area (Å²) in [7, 11) is 0. The van der Waals surface area contributed by atoms with Crippen molar-refractivity contribution in [1.29, 1.82) is 0 Å². The van der Waals surface area contributed by atoms with E-state index in [1.165, 1.54) is 116 Å². The van der Waals surface area contributed by atoms with Crippen LogP contribution >= 0.6 is 12.6 Å². The minimum atomic E-state index is -0.415. The Morgan fingerprint density at radius 1 is 0.633 bits per heavy atom. The van der Waals surface area contributed by atoms with Gasteiger partial charge in [-0.15, -0.1) is 0 Å². The highest BCUT2D eigenvalue weighted by Crippen LogP contribution is 2.15. The van der Waals surface area contributed by atoms with E-state index in [0.717, 1.165) is 12.8 Å². The number of nitrogens with one attached hydrogen (secondary N) is 1. The highest BCUT2D eigenvalue weighted by molar-refractivity contribution is 7.80. The van der Waals surface area contributed by atoms with Crippen LogP contribution in [0.3, 0.4) is 0 Å². The van der Waals surface area contributed by atoms with Gasteiger partial charge in [0.25, 0.3) is 0 Å². The summed E-state index contributed by atoms with van der Waals surface area (Å²) in [4.78, 5) is 23.1. The Labute approximate surface area is 193 Å². The third-order valence-corrected chi connectivity index (χ3v) is 6.34. The molecule has 0 rings (SSSR count). The number of carbonyl (C=O) groups excluding carboxylic acids is 2. The zero-order valence-corrected chi connectivity index (χ0v) is 21.1. The molecule has 0 aliphatic rings. The van der Waals surface area contributed by atoms with Crippen molar-refractivity contribution in [3.63, 3.8) is 0 Å². The molecule has 0 aromatic heterocycles. The topological polar surface area (TPSA) is 46.2 Å². The first kappa shape index (κ1) is 29.5. The van der Waals surface area contributed by atoms with E-state index < -0.39 is 6.04 Å². The molecule has 1 atom stereocenters. The molecule has 0 aliphatic carbocycles. The lowest BCUT2D eigenvalue weighted by atomic mass is 10.0. The van der Waals surface area contributed by atoms with Crippen LogP contribution in [0, 0.1) is 0 Å². The van der Waals surface area contributed by atoms with Crippen molar-refractivity contribution >= 4 is 24.3 Å². The summed E-state index contributed by atoms with van der Waals surface area (Å²) in [5.41, 5.74) is 0. The summed E-state index contributed by atoms with van der Waals surface area (Å²) < 4.78 is 0. The quantitative estimate of drug-likeness (QED) is 0.125. The summed E-state index contributed by atoms with van der Waals surface area (Å²) in [6.07, 6.45) is 26.3. The number of amides is 1. The molecule has 0 heterocycles. The number of rotatable bonds is 23. The van der Waals surface area contributed by atoms with Crippen molar-refractivity contribution in [2.45, 2.75) is 148 Å². The summed E-state index contributed by atoms with van der Waals surface area (Å²) >= 11 is 4.16. The largest absolute Gasteiger partial charge is 0.346 e. The van der Waals surface area contributed by atoms with Gasteiger partial charge >= 0.3 is 0 Å². The van der Waals surface area contributed by atoms with Crippen molar-refractivity contribution in [2.75, 3.05) is 5.75 Å². The maximum Gasteiger partial charge on any atom is 0.217 e. The number of hydrogen-bond donors (Lipinski definition) is 2. The van der Waals surface area contributed by atoms with Gasteiger partial charge in [-0.05, 0) is 6.42 Å². The van der Waals surface area contributed by atoms with Gasteiger partial charge in [0.05, 0.1) is 6.04 Å². The van der Waals surface area contributed by atoms with Crippen LogP contribution < -0.4 is 5.32 Å². The first-order valence-electron chi connectivity index (χ1n) is 13.0. The average molecular weight is 442 g/mol. The molecule has 30 heavy (non-hydrogen) atoms. The molecule has 178 valence electrons. The Bertz CT molecular complexity index is 400. The Balaban J connectivity index is 3.24. The lowest BCUT2D eigenvalue weighted by Gasteiger charge is -2.13. The Morgan fingerprint density at radius 2 is 0.967 bits per heavy atom. The molecular formula is C26H51NO2S. The van der Waals surface area contributed by atoms with E-state index in [-0.39, 0.29) is 11.7 Å². The van der Waals surface area contributed by atoms with Gasteiger partial charge in [-0.1, -0.05) is 122 Å². The first-order valence-corrected chi connectivity index (χ1v) is 13.7. The molecule has 0 aliphatic heterocycles. The van der Waals surface area contributed by atoms with Gasteiger partial charge in [-0.25, -0.2) is 0 Å². The van der Waals surface area contributed by atoms with Crippen LogP contribution in [-0.2, 0) is 9.59 Å². The summed E-state index contributed by atoms with van der Waals surface area (Å²) in [6.45, 7) is 3.73. The maximum absolute atomic E-state index is 12.0. The highest BCUT2D eigenvalue weighted by Gasteiger charge is 2.16. The van der Waals surface area contributed by atoms with E-state index in [1.807, 2.05) is 0 Å². The van der Waals surface area contributed by atoms with E-state index in [1.54, 1.807) is 0 Å². The van der Waals surface area contributed by atoms with Crippen LogP contribution in [0.15, 0.2) is 0 Å². The van der Waals surface area contributed by atoms with Gasteiger partial charge in [0.2, 0.25) is 5.91 Å². The van der Waals surface area contributed by atoms with E-state index in [2.05, 4.69) is 24.9 Å². The van der Waals surface area contributed by atoms with Crippen LogP contribution in [0.1, 0.15) is 142 Å². The number of ketones is 1. The van der Waals surface area contributed by atoms with Crippen LogP contribution in [0.5, 0.6) is 0 Å². The van der Waals surface area contributed by atoms with Crippen LogP contribution in [0.2, 0.25) is 0 Å². The number of unbranched alkanes of at least 4 members (excludes halogenated alkanes) is 18. The Morgan fingerprint density at radius 3 is 1.27 bits per heavy atom. The van der Waals surface area contributed by atoms with Crippen molar-refractivity contribution in [3.05, 3.63) is 0 Å². The van der Waals surface area contributed by atoms with Crippen molar-refractivity contribution < 1.29 is 9.59 Å². The molecule has 0 spiro atoms. The molecule has 3 nitrogen and oxygen atoms in total. The molecule has 0 aromatic rings. The maximum atomic E-state index is 12.0. The van der Waals surface area contributed by atoms with Gasteiger partial charge < -0.3 is 5.32 Å². The van der Waals surface area contributed by atoms with Crippen molar-refractivity contribution in [1.82, 2.24) is 5.32 Å². The van der Waals surface area contributed by atoms with Crippen LogP contribution in [0.4, 0.5) is 0 Å². The molecule has 0 fully saturated rings. The normalized spacial score (nSPS) is 12.1. The second kappa shape index (κ2) is 23.2. The van der Waals surface area contributed by atoms with Gasteiger partial charge in [-0.3, -0.25) is 9.59 Å². The lowest BCUT2D eigenvalue weighted by Crippen LogP contribution is -2.41. The third kappa shape index (κ3) is 20.8. The van der Waals surface area contributed by atoms with E-state index >= 15 is 0 Å². The Hall–Kier alpha value is -0.510. The molecule has 0 radical (unpaired) electrons. The fourth-order valence-electron chi connectivity index (χ4n) is 4.03. The predicted octanol–water partition coefficient (Wildman–Crippen LogP) is 7.81. The van der Waals surface area contributed by atoms with E-state index in [9.17, 15) is 9.59 Å². The summed E-state index contributed by atoms with van der Waals surface area (Å²) in [6, 6.07) is -0.415.